The Kier molecular flexibility index (Phi) is 5.88. The van der Waals surface area contributed by atoms with Crippen LogP contribution in [-0.4, -0.2) is 17.0 Å². The van der Waals surface area contributed by atoms with Crippen molar-refractivity contribution in [2.24, 2.45) is 0 Å². The standard InChI is InChI=1S/C16H13N3O3S.BrH/c1-22-15-5-3-2-4-13(15)17-16-18-14(10-23-16)11-6-8-12(9-7-11)19(20)21;/h2-10H,1H3,(H,17,18);1H/p-1. The van der Waals surface area contributed by atoms with E-state index in [-0.39, 0.29) is 22.7 Å². The molecule has 0 radical (unpaired) electrons. The summed E-state index contributed by atoms with van der Waals surface area (Å²) >= 11 is 1.46. The molecule has 0 aliphatic rings. The molecule has 0 aliphatic carbocycles. The molecule has 0 fully saturated rings. The molecule has 0 amide bonds. The molecule has 0 atom stereocenters. The second-order valence-corrected chi connectivity index (χ2v) is 5.53. The molecule has 0 aliphatic heterocycles. The van der Waals surface area contributed by atoms with Gasteiger partial charge in [0.15, 0.2) is 5.13 Å². The molecule has 8 heteroatoms. The fraction of sp³-hybridized carbons (Fsp3) is 0.0625. The van der Waals surface area contributed by atoms with E-state index >= 15 is 0 Å². The van der Waals surface area contributed by atoms with Crippen molar-refractivity contribution in [1.29, 1.82) is 0 Å². The van der Waals surface area contributed by atoms with Gasteiger partial charge in [-0.1, -0.05) is 12.1 Å². The topological polar surface area (TPSA) is 77.3 Å². The molecule has 124 valence electrons. The first-order valence-electron chi connectivity index (χ1n) is 6.78. The molecule has 0 spiro atoms. The molecule has 6 nitrogen and oxygen atoms in total. The van der Waals surface area contributed by atoms with Gasteiger partial charge in [-0.25, -0.2) is 4.98 Å². The van der Waals surface area contributed by atoms with E-state index in [4.69, 9.17) is 4.74 Å². The summed E-state index contributed by atoms with van der Waals surface area (Å²) in [5.41, 5.74) is 2.50. The van der Waals surface area contributed by atoms with Crippen LogP contribution in [0.25, 0.3) is 11.3 Å². The lowest BCUT2D eigenvalue weighted by atomic mass is 10.1. The zero-order valence-corrected chi connectivity index (χ0v) is 15.0. The van der Waals surface area contributed by atoms with Crippen LogP contribution in [0.2, 0.25) is 0 Å². The van der Waals surface area contributed by atoms with Crippen molar-refractivity contribution in [2.75, 3.05) is 12.4 Å². The van der Waals surface area contributed by atoms with Gasteiger partial charge in [0.05, 0.1) is 23.4 Å². The Morgan fingerprint density at radius 2 is 1.88 bits per heavy atom. The van der Waals surface area contributed by atoms with Crippen molar-refractivity contribution in [3.63, 3.8) is 0 Å². The third kappa shape index (κ3) is 3.90. The van der Waals surface area contributed by atoms with E-state index in [2.05, 4.69) is 10.3 Å². The number of benzene rings is 2. The number of para-hydroxylation sites is 2. The highest BCUT2D eigenvalue weighted by Crippen LogP contribution is 2.31. The first-order valence-corrected chi connectivity index (χ1v) is 7.66. The fourth-order valence-electron chi connectivity index (χ4n) is 2.08. The minimum Gasteiger partial charge on any atom is -1.00 e. The smallest absolute Gasteiger partial charge is 0.269 e. The molecule has 0 unspecified atom stereocenters. The molecule has 3 rings (SSSR count). The Morgan fingerprint density at radius 3 is 2.54 bits per heavy atom. The number of anilines is 2. The van der Waals surface area contributed by atoms with Crippen molar-refractivity contribution >= 4 is 27.8 Å². The van der Waals surface area contributed by atoms with Gasteiger partial charge >= 0.3 is 0 Å². The van der Waals surface area contributed by atoms with Crippen LogP contribution in [0.4, 0.5) is 16.5 Å². The van der Waals surface area contributed by atoms with E-state index in [0.29, 0.717) is 0 Å². The number of rotatable bonds is 5. The SMILES string of the molecule is COc1ccccc1Nc1nc(-c2ccc([N+](=O)[O-])cc2)cs1.[Br-]. The molecule has 24 heavy (non-hydrogen) atoms. The van der Waals surface area contributed by atoms with Crippen molar-refractivity contribution < 1.29 is 26.6 Å². The predicted octanol–water partition coefficient (Wildman–Crippen LogP) is 1.47. The van der Waals surface area contributed by atoms with Crippen LogP contribution in [0.5, 0.6) is 5.75 Å². The Labute approximate surface area is 153 Å². The van der Waals surface area contributed by atoms with Crippen LogP contribution in [-0.2, 0) is 0 Å². The molecule has 1 N–H and O–H groups in total. The highest BCUT2D eigenvalue weighted by atomic mass is 79.9. The van der Waals surface area contributed by atoms with E-state index in [1.54, 1.807) is 19.2 Å². The van der Waals surface area contributed by atoms with Crippen molar-refractivity contribution in [2.45, 2.75) is 0 Å². The van der Waals surface area contributed by atoms with Gasteiger partial charge in [-0.3, -0.25) is 10.1 Å². The van der Waals surface area contributed by atoms with Gasteiger partial charge in [0, 0.05) is 23.1 Å². The lowest BCUT2D eigenvalue weighted by Gasteiger charge is -2.08. The molecular weight excluding hydrogens is 394 g/mol. The first kappa shape index (κ1) is 17.9. The fourth-order valence-corrected chi connectivity index (χ4v) is 2.81. The van der Waals surface area contributed by atoms with E-state index in [0.717, 1.165) is 27.8 Å². The Bertz CT molecular complexity index is 837. The van der Waals surface area contributed by atoms with Gasteiger partial charge in [0.25, 0.3) is 5.69 Å². The van der Waals surface area contributed by atoms with Crippen molar-refractivity contribution in [1.82, 2.24) is 4.98 Å². The summed E-state index contributed by atoms with van der Waals surface area (Å²) in [6.45, 7) is 0. The Morgan fingerprint density at radius 1 is 1.17 bits per heavy atom. The molecule has 1 heterocycles. The van der Waals surface area contributed by atoms with Crippen LogP contribution in [0.3, 0.4) is 0 Å². The maximum absolute atomic E-state index is 10.7. The van der Waals surface area contributed by atoms with Crippen LogP contribution < -0.4 is 27.0 Å². The summed E-state index contributed by atoms with van der Waals surface area (Å²) in [6.07, 6.45) is 0. The van der Waals surface area contributed by atoms with E-state index < -0.39 is 4.92 Å². The second kappa shape index (κ2) is 7.89. The van der Waals surface area contributed by atoms with Crippen LogP contribution in [0.15, 0.2) is 53.9 Å². The number of nitro benzene ring substituents is 1. The van der Waals surface area contributed by atoms with Gasteiger partial charge in [-0.2, -0.15) is 0 Å². The summed E-state index contributed by atoms with van der Waals surface area (Å²) in [4.78, 5) is 14.8. The Hall–Kier alpha value is -2.45. The molecule has 0 saturated heterocycles. The van der Waals surface area contributed by atoms with Crippen LogP contribution in [0, 0.1) is 10.1 Å². The number of hydrogen-bond acceptors (Lipinski definition) is 6. The number of halogens is 1. The number of aromatic nitrogens is 1. The number of hydrogen-bond donors (Lipinski definition) is 1. The highest BCUT2D eigenvalue weighted by Gasteiger charge is 2.09. The summed E-state index contributed by atoms with van der Waals surface area (Å²) in [5.74, 6) is 0.736. The minimum atomic E-state index is -0.417. The maximum Gasteiger partial charge on any atom is 0.269 e. The van der Waals surface area contributed by atoms with Crippen LogP contribution in [0.1, 0.15) is 0 Å². The van der Waals surface area contributed by atoms with Crippen molar-refractivity contribution in [3.05, 3.63) is 64.0 Å². The lowest BCUT2D eigenvalue weighted by molar-refractivity contribution is -0.384. The zero-order valence-electron chi connectivity index (χ0n) is 12.6. The third-order valence-corrected chi connectivity index (χ3v) is 3.98. The van der Waals surface area contributed by atoms with Gasteiger partial charge in [-0.05, 0) is 24.3 Å². The van der Waals surface area contributed by atoms with E-state index in [1.165, 1.54) is 23.5 Å². The normalized spacial score (nSPS) is 9.88. The quantitative estimate of drug-likeness (QED) is 0.512. The number of thiazole rings is 1. The number of nitro groups is 1. The molecule has 0 saturated carbocycles. The summed E-state index contributed by atoms with van der Waals surface area (Å²) in [5, 5.41) is 16.5. The summed E-state index contributed by atoms with van der Waals surface area (Å²) in [7, 11) is 1.62. The highest BCUT2D eigenvalue weighted by molar-refractivity contribution is 7.14. The Balaban J connectivity index is 0.00000208. The lowest BCUT2D eigenvalue weighted by Crippen LogP contribution is -3.00. The average molecular weight is 407 g/mol. The van der Waals surface area contributed by atoms with Crippen molar-refractivity contribution in [3.8, 4) is 17.0 Å². The largest absolute Gasteiger partial charge is 1.00 e. The molecular formula is C16H13BrN3O3S-. The summed E-state index contributed by atoms with van der Waals surface area (Å²) in [6, 6.07) is 13.9. The third-order valence-electron chi connectivity index (χ3n) is 3.23. The summed E-state index contributed by atoms with van der Waals surface area (Å²) < 4.78 is 5.30. The molecule has 2 aromatic carbocycles. The molecule has 1 aromatic heterocycles. The maximum atomic E-state index is 10.7. The monoisotopic (exact) mass is 406 g/mol. The van der Waals surface area contributed by atoms with Crippen LogP contribution >= 0.6 is 11.3 Å². The average Bonchev–Trinajstić information content (AvgIpc) is 3.04. The second-order valence-electron chi connectivity index (χ2n) is 4.67. The first-order chi connectivity index (χ1) is 11.2. The number of methoxy groups -OCH3 is 1. The minimum absolute atomic E-state index is 0. The van der Waals surface area contributed by atoms with Gasteiger partial charge in [-0.15, -0.1) is 11.3 Å². The van der Waals surface area contributed by atoms with Gasteiger partial charge in [0.1, 0.15) is 5.75 Å². The number of nitrogens with zero attached hydrogens (tertiary/aromatic N) is 2. The number of non-ortho nitro benzene ring substituents is 1. The molecule has 0 bridgehead atoms. The zero-order chi connectivity index (χ0) is 16.2. The molecule has 3 aromatic rings. The van der Waals surface area contributed by atoms with Gasteiger partial charge < -0.3 is 27.0 Å². The predicted molar refractivity (Wildman–Crippen MR) is 90.5 cm³/mol. The van der Waals surface area contributed by atoms with E-state index in [9.17, 15) is 10.1 Å². The number of ether oxygens (including phenoxy) is 1. The van der Waals surface area contributed by atoms with E-state index in [1.807, 2.05) is 29.6 Å². The van der Waals surface area contributed by atoms with Gasteiger partial charge in [0.2, 0.25) is 0 Å². The number of nitrogens with one attached hydrogen (secondary N) is 1.